The lowest BCUT2D eigenvalue weighted by atomic mass is 9.95. The van der Waals surface area contributed by atoms with E-state index in [2.05, 4.69) is 5.32 Å². The van der Waals surface area contributed by atoms with Crippen molar-refractivity contribution in [3.05, 3.63) is 100 Å². The number of halogens is 1. The van der Waals surface area contributed by atoms with E-state index in [4.69, 9.17) is 11.6 Å². The lowest BCUT2D eigenvalue weighted by molar-refractivity contribution is -0.121. The molecule has 174 valence electrons. The number of carbonyl (C=O) groups excluding carboxylic acids is 1. The van der Waals surface area contributed by atoms with Gasteiger partial charge < -0.3 is 5.32 Å². The molecule has 0 bridgehead atoms. The van der Waals surface area contributed by atoms with Crippen molar-refractivity contribution in [2.24, 2.45) is 0 Å². The van der Waals surface area contributed by atoms with Crippen LogP contribution in [0.1, 0.15) is 41.1 Å². The summed E-state index contributed by atoms with van der Waals surface area (Å²) in [6, 6.07) is 22.7. The predicted octanol–water partition coefficient (Wildman–Crippen LogP) is 5.41. The summed E-state index contributed by atoms with van der Waals surface area (Å²) in [6.45, 7) is 4.05. The third kappa shape index (κ3) is 6.59. The van der Waals surface area contributed by atoms with Crippen LogP contribution in [-0.2, 0) is 14.8 Å². The van der Waals surface area contributed by atoms with Gasteiger partial charge in [-0.05, 0) is 54.7 Å². The van der Waals surface area contributed by atoms with E-state index < -0.39 is 10.0 Å². The van der Waals surface area contributed by atoms with Crippen molar-refractivity contribution < 1.29 is 13.2 Å². The SMILES string of the molecule is Cc1ccccc1[C@H](NC(=O)CCCN(c1cc(Cl)ccc1C)S(C)(=O)=O)c1ccccc1. The Bertz CT molecular complexity index is 1210. The van der Waals surface area contributed by atoms with Crippen LogP contribution in [0.3, 0.4) is 0 Å². The van der Waals surface area contributed by atoms with Crippen LogP contribution in [0.25, 0.3) is 0 Å². The highest BCUT2D eigenvalue weighted by Crippen LogP contribution is 2.27. The first-order valence-electron chi connectivity index (χ1n) is 10.8. The molecule has 0 aromatic heterocycles. The molecule has 3 aromatic rings. The Kier molecular flexibility index (Phi) is 8.16. The van der Waals surface area contributed by atoms with Gasteiger partial charge in [0.2, 0.25) is 15.9 Å². The maximum Gasteiger partial charge on any atom is 0.232 e. The second kappa shape index (κ2) is 10.9. The van der Waals surface area contributed by atoms with E-state index in [0.717, 1.165) is 28.5 Å². The number of nitrogens with one attached hydrogen (secondary N) is 1. The van der Waals surface area contributed by atoms with Gasteiger partial charge in [-0.3, -0.25) is 9.10 Å². The van der Waals surface area contributed by atoms with Crippen LogP contribution in [0, 0.1) is 13.8 Å². The first-order valence-corrected chi connectivity index (χ1v) is 13.0. The zero-order valence-electron chi connectivity index (χ0n) is 19.1. The molecular weight excluding hydrogens is 456 g/mol. The molecule has 5 nitrogen and oxygen atoms in total. The fourth-order valence-corrected chi connectivity index (χ4v) is 5.01. The van der Waals surface area contributed by atoms with Crippen molar-refractivity contribution in [2.45, 2.75) is 32.7 Å². The Morgan fingerprint density at radius 1 is 0.970 bits per heavy atom. The van der Waals surface area contributed by atoms with Gasteiger partial charge in [-0.15, -0.1) is 0 Å². The molecule has 0 spiro atoms. The van der Waals surface area contributed by atoms with Crippen molar-refractivity contribution in [1.82, 2.24) is 5.32 Å². The normalized spacial score (nSPS) is 12.2. The standard InChI is InChI=1S/C26H29ClN2O3S/c1-19-10-7-8-13-23(19)26(21-11-5-4-6-12-21)28-25(30)14-9-17-29(33(3,31)32)24-18-22(27)16-15-20(24)2/h4-8,10-13,15-16,18,26H,9,14,17H2,1-3H3,(H,28,30)/t26-/m1/s1. The maximum atomic E-state index is 12.9. The number of amides is 1. The summed E-state index contributed by atoms with van der Waals surface area (Å²) in [7, 11) is -3.53. The Hall–Kier alpha value is -2.83. The number of sulfonamides is 1. The third-order valence-electron chi connectivity index (χ3n) is 5.54. The summed E-state index contributed by atoms with van der Waals surface area (Å²) in [4.78, 5) is 12.9. The van der Waals surface area contributed by atoms with E-state index in [9.17, 15) is 13.2 Å². The minimum absolute atomic E-state index is 0.136. The molecule has 33 heavy (non-hydrogen) atoms. The summed E-state index contributed by atoms with van der Waals surface area (Å²) >= 11 is 6.10. The topological polar surface area (TPSA) is 66.5 Å². The van der Waals surface area contributed by atoms with Gasteiger partial charge in [-0.25, -0.2) is 8.42 Å². The zero-order chi connectivity index (χ0) is 24.0. The van der Waals surface area contributed by atoms with Gasteiger partial charge in [-0.1, -0.05) is 72.3 Å². The lowest BCUT2D eigenvalue weighted by Crippen LogP contribution is -2.33. The van der Waals surface area contributed by atoms with E-state index in [0.29, 0.717) is 17.1 Å². The van der Waals surface area contributed by atoms with Crippen molar-refractivity contribution in [2.75, 3.05) is 17.1 Å². The molecule has 0 unspecified atom stereocenters. The smallest absolute Gasteiger partial charge is 0.232 e. The Balaban J connectivity index is 1.73. The van der Waals surface area contributed by atoms with Gasteiger partial charge in [0.25, 0.3) is 0 Å². The second-order valence-electron chi connectivity index (χ2n) is 8.14. The van der Waals surface area contributed by atoms with Gasteiger partial charge in [0.05, 0.1) is 18.0 Å². The summed E-state index contributed by atoms with van der Waals surface area (Å²) in [5, 5.41) is 3.60. The van der Waals surface area contributed by atoms with Gasteiger partial charge >= 0.3 is 0 Å². The van der Waals surface area contributed by atoms with Crippen LogP contribution in [0.2, 0.25) is 5.02 Å². The highest BCUT2D eigenvalue weighted by atomic mass is 35.5. The average Bonchev–Trinajstić information content (AvgIpc) is 2.77. The quantitative estimate of drug-likeness (QED) is 0.441. The van der Waals surface area contributed by atoms with Crippen LogP contribution in [0.15, 0.2) is 72.8 Å². The van der Waals surface area contributed by atoms with Gasteiger partial charge in [0.15, 0.2) is 0 Å². The molecule has 0 aliphatic heterocycles. The average molecular weight is 485 g/mol. The molecular formula is C26H29ClN2O3S. The fraction of sp³-hybridized carbons (Fsp3) is 0.269. The van der Waals surface area contributed by atoms with Crippen LogP contribution < -0.4 is 9.62 Å². The van der Waals surface area contributed by atoms with E-state index >= 15 is 0 Å². The van der Waals surface area contributed by atoms with Crippen LogP contribution in [0.4, 0.5) is 5.69 Å². The van der Waals surface area contributed by atoms with Crippen molar-refractivity contribution in [3.63, 3.8) is 0 Å². The summed E-state index contributed by atoms with van der Waals surface area (Å²) < 4.78 is 26.2. The van der Waals surface area contributed by atoms with E-state index in [-0.39, 0.29) is 24.9 Å². The molecule has 0 radical (unpaired) electrons. The molecule has 7 heteroatoms. The first-order chi connectivity index (χ1) is 15.7. The molecule has 0 heterocycles. The number of rotatable bonds is 9. The minimum atomic E-state index is -3.53. The monoisotopic (exact) mass is 484 g/mol. The molecule has 3 aromatic carbocycles. The molecule has 0 aliphatic carbocycles. The number of aryl methyl sites for hydroxylation is 2. The number of anilines is 1. The molecule has 1 N–H and O–H groups in total. The van der Waals surface area contributed by atoms with Crippen molar-refractivity contribution in [1.29, 1.82) is 0 Å². The Morgan fingerprint density at radius 2 is 1.64 bits per heavy atom. The molecule has 0 aliphatic rings. The molecule has 0 fully saturated rings. The molecule has 1 atom stereocenters. The van der Waals surface area contributed by atoms with E-state index in [1.165, 1.54) is 4.31 Å². The number of carbonyl (C=O) groups is 1. The number of hydrogen-bond donors (Lipinski definition) is 1. The maximum absolute atomic E-state index is 12.9. The number of benzene rings is 3. The molecule has 0 saturated carbocycles. The van der Waals surface area contributed by atoms with E-state index in [1.54, 1.807) is 18.2 Å². The highest BCUT2D eigenvalue weighted by Gasteiger charge is 2.21. The highest BCUT2D eigenvalue weighted by molar-refractivity contribution is 7.92. The van der Waals surface area contributed by atoms with Crippen LogP contribution in [0.5, 0.6) is 0 Å². The second-order valence-corrected chi connectivity index (χ2v) is 10.5. The van der Waals surface area contributed by atoms with Crippen LogP contribution >= 0.6 is 11.6 Å². The van der Waals surface area contributed by atoms with Gasteiger partial charge in [0.1, 0.15) is 0 Å². The third-order valence-corrected chi connectivity index (χ3v) is 6.96. The number of hydrogen-bond acceptors (Lipinski definition) is 3. The predicted molar refractivity (Wildman–Crippen MR) is 135 cm³/mol. The summed E-state index contributed by atoms with van der Waals surface area (Å²) in [5.41, 5.74) is 4.45. The largest absolute Gasteiger partial charge is 0.345 e. The van der Waals surface area contributed by atoms with Crippen molar-refractivity contribution in [3.8, 4) is 0 Å². The first kappa shape index (κ1) is 24.8. The van der Waals surface area contributed by atoms with Gasteiger partial charge in [0, 0.05) is 18.0 Å². The number of nitrogens with zero attached hydrogens (tertiary/aromatic N) is 1. The Morgan fingerprint density at radius 3 is 2.30 bits per heavy atom. The minimum Gasteiger partial charge on any atom is -0.345 e. The van der Waals surface area contributed by atoms with Crippen LogP contribution in [-0.4, -0.2) is 27.1 Å². The Labute approximate surface area is 201 Å². The molecule has 3 rings (SSSR count). The molecule has 0 saturated heterocycles. The summed E-state index contributed by atoms with van der Waals surface area (Å²) in [6.07, 6.45) is 1.73. The van der Waals surface area contributed by atoms with Crippen molar-refractivity contribution >= 4 is 33.2 Å². The summed E-state index contributed by atoms with van der Waals surface area (Å²) in [5.74, 6) is -0.136. The lowest BCUT2D eigenvalue weighted by Gasteiger charge is -2.25. The fourth-order valence-electron chi connectivity index (χ4n) is 3.83. The van der Waals surface area contributed by atoms with Gasteiger partial charge in [-0.2, -0.15) is 0 Å². The molecule has 1 amide bonds. The van der Waals surface area contributed by atoms with E-state index in [1.807, 2.05) is 68.4 Å². The zero-order valence-corrected chi connectivity index (χ0v) is 20.7.